The van der Waals surface area contributed by atoms with Crippen LogP contribution in [0.5, 0.6) is 6.01 Å². The van der Waals surface area contributed by atoms with Crippen molar-refractivity contribution in [1.29, 1.82) is 0 Å². The molecule has 0 amide bonds. The molecule has 10 heteroatoms. The second-order valence-electron chi connectivity index (χ2n) is 4.83. The zero-order valence-electron chi connectivity index (χ0n) is 13.4. The quantitative estimate of drug-likeness (QED) is 0.797. The zero-order chi connectivity index (χ0) is 18.4. The summed E-state index contributed by atoms with van der Waals surface area (Å²) in [6.45, 7) is 0.314. The molecule has 0 aliphatic carbocycles. The summed E-state index contributed by atoms with van der Waals surface area (Å²) >= 11 is 0. The SMILES string of the molecule is CCc1cc(Nc2ccc(C(=O)OC)cn2)nc(OCC(F)(F)F)n1. The average Bonchev–Trinajstić information content (AvgIpc) is 2.59. The lowest BCUT2D eigenvalue weighted by molar-refractivity contribution is -0.154. The molecule has 0 fully saturated rings. The second kappa shape index (κ2) is 7.77. The lowest BCUT2D eigenvalue weighted by Crippen LogP contribution is -2.20. The number of anilines is 2. The van der Waals surface area contributed by atoms with Gasteiger partial charge in [-0.2, -0.15) is 18.2 Å². The number of hydrogen-bond acceptors (Lipinski definition) is 7. The minimum Gasteiger partial charge on any atom is -0.465 e. The van der Waals surface area contributed by atoms with Gasteiger partial charge in [0.2, 0.25) is 0 Å². The van der Waals surface area contributed by atoms with Gasteiger partial charge in [0.1, 0.15) is 11.6 Å². The molecule has 1 N–H and O–H groups in total. The van der Waals surface area contributed by atoms with E-state index in [0.29, 0.717) is 17.9 Å². The summed E-state index contributed by atoms with van der Waals surface area (Å²) in [6.07, 6.45) is -2.70. The summed E-state index contributed by atoms with van der Waals surface area (Å²) in [5.74, 6) is 0.0368. The molecule has 0 saturated carbocycles. The van der Waals surface area contributed by atoms with Crippen LogP contribution in [0, 0.1) is 0 Å². The fourth-order valence-electron chi connectivity index (χ4n) is 1.77. The molecule has 0 aliphatic rings. The van der Waals surface area contributed by atoms with Crippen molar-refractivity contribution in [2.24, 2.45) is 0 Å². The first kappa shape index (κ1) is 18.4. The molecule has 0 radical (unpaired) electrons. The summed E-state index contributed by atoms with van der Waals surface area (Å²) in [5, 5.41) is 2.82. The van der Waals surface area contributed by atoms with Crippen LogP contribution in [0.25, 0.3) is 0 Å². The van der Waals surface area contributed by atoms with Crippen LogP contribution < -0.4 is 10.1 Å². The van der Waals surface area contributed by atoms with Gasteiger partial charge in [0.15, 0.2) is 6.61 Å². The Bertz CT molecular complexity index is 736. The van der Waals surface area contributed by atoms with E-state index < -0.39 is 18.8 Å². The van der Waals surface area contributed by atoms with Gasteiger partial charge in [0, 0.05) is 18.0 Å². The van der Waals surface area contributed by atoms with E-state index >= 15 is 0 Å². The predicted molar refractivity (Wildman–Crippen MR) is 81.8 cm³/mol. The van der Waals surface area contributed by atoms with Crippen LogP contribution in [-0.2, 0) is 11.2 Å². The number of hydrogen-bond donors (Lipinski definition) is 1. The second-order valence-corrected chi connectivity index (χ2v) is 4.83. The molecule has 134 valence electrons. The molecule has 0 aromatic carbocycles. The van der Waals surface area contributed by atoms with E-state index in [1.165, 1.54) is 25.4 Å². The maximum absolute atomic E-state index is 12.3. The number of esters is 1. The topological polar surface area (TPSA) is 86.2 Å². The van der Waals surface area contributed by atoms with E-state index in [4.69, 9.17) is 0 Å². The zero-order valence-corrected chi connectivity index (χ0v) is 13.4. The molecular weight excluding hydrogens is 341 g/mol. The predicted octanol–water partition coefficient (Wildman–Crippen LogP) is 2.91. The van der Waals surface area contributed by atoms with E-state index in [1.807, 2.05) is 0 Å². The van der Waals surface area contributed by atoms with Crippen molar-refractivity contribution < 1.29 is 27.4 Å². The molecule has 0 saturated heterocycles. The maximum Gasteiger partial charge on any atom is 0.422 e. The first-order valence-electron chi connectivity index (χ1n) is 7.19. The van der Waals surface area contributed by atoms with Crippen LogP contribution in [0.4, 0.5) is 24.8 Å². The Morgan fingerprint density at radius 1 is 1.24 bits per heavy atom. The minimum atomic E-state index is -4.48. The van der Waals surface area contributed by atoms with Crippen molar-refractivity contribution in [2.75, 3.05) is 19.0 Å². The highest BCUT2D eigenvalue weighted by atomic mass is 19.4. The van der Waals surface area contributed by atoms with Gasteiger partial charge >= 0.3 is 18.2 Å². The number of pyridine rings is 1. The van der Waals surface area contributed by atoms with Crippen molar-refractivity contribution in [3.63, 3.8) is 0 Å². The van der Waals surface area contributed by atoms with Crippen molar-refractivity contribution in [3.05, 3.63) is 35.7 Å². The molecule has 2 rings (SSSR count). The Kier molecular flexibility index (Phi) is 5.73. The standard InChI is InChI=1S/C15H15F3N4O3/c1-3-10-6-12(22-14(20-10)25-8-15(16,17)18)21-11-5-4-9(7-19-11)13(23)24-2/h4-7H,3,8H2,1-2H3,(H,19,20,21,22). The Labute approximate surface area is 141 Å². The summed E-state index contributed by atoms with van der Waals surface area (Å²) in [7, 11) is 1.25. The molecule has 0 aliphatic heterocycles. The van der Waals surface area contributed by atoms with Crippen LogP contribution in [0.15, 0.2) is 24.4 Å². The summed E-state index contributed by atoms with van der Waals surface area (Å²) in [4.78, 5) is 23.1. The largest absolute Gasteiger partial charge is 0.465 e. The number of aromatic nitrogens is 3. The highest BCUT2D eigenvalue weighted by Crippen LogP contribution is 2.20. The molecule has 2 aromatic rings. The van der Waals surface area contributed by atoms with E-state index in [2.05, 4.69) is 29.7 Å². The Hall–Kier alpha value is -2.91. The molecule has 2 heterocycles. The van der Waals surface area contributed by atoms with Crippen LogP contribution in [0.3, 0.4) is 0 Å². The number of rotatable bonds is 6. The summed E-state index contributed by atoms with van der Waals surface area (Å²) < 4.78 is 45.9. The van der Waals surface area contributed by atoms with Gasteiger partial charge in [-0.3, -0.25) is 0 Å². The van der Waals surface area contributed by atoms with E-state index in [9.17, 15) is 18.0 Å². The molecule has 0 unspecified atom stereocenters. The normalized spacial score (nSPS) is 11.1. The first-order chi connectivity index (χ1) is 11.8. The number of nitrogens with zero attached hydrogens (tertiary/aromatic N) is 3. The van der Waals surface area contributed by atoms with Crippen molar-refractivity contribution >= 4 is 17.6 Å². The number of carbonyl (C=O) groups is 1. The highest BCUT2D eigenvalue weighted by Gasteiger charge is 2.29. The van der Waals surface area contributed by atoms with Crippen molar-refractivity contribution in [1.82, 2.24) is 15.0 Å². The number of aryl methyl sites for hydroxylation is 1. The number of nitrogens with one attached hydrogen (secondary N) is 1. The summed E-state index contributed by atoms with van der Waals surface area (Å²) in [6, 6.07) is 4.18. The monoisotopic (exact) mass is 356 g/mol. The molecule has 25 heavy (non-hydrogen) atoms. The lowest BCUT2D eigenvalue weighted by atomic mass is 10.3. The van der Waals surface area contributed by atoms with Gasteiger partial charge in [0.05, 0.1) is 12.7 Å². The maximum atomic E-state index is 12.3. The number of alkyl halides is 3. The number of methoxy groups -OCH3 is 1. The van der Waals surface area contributed by atoms with Crippen LogP contribution in [-0.4, -0.2) is 40.8 Å². The van der Waals surface area contributed by atoms with Crippen LogP contribution in [0.2, 0.25) is 0 Å². The third kappa shape index (κ3) is 5.59. The van der Waals surface area contributed by atoms with E-state index in [1.54, 1.807) is 13.0 Å². The number of ether oxygens (including phenoxy) is 2. The van der Waals surface area contributed by atoms with Gasteiger partial charge in [-0.25, -0.2) is 14.8 Å². The molecule has 0 spiro atoms. The van der Waals surface area contributed by atoms with Crippen LogP contribution in [0.1, 0.15) is 23.0 Å². The molecule has 0 atom stereocenters. The van der Waals surface area contributed by atoms with Gasteiger partial charge in [-0.05, 0) is 18.6 Å². The van der Waals surface area contributed by atoms with Crippen LogP contribution >= 0.6 is 0 Å². The van der Waals surface area contributed by atoms with Gasteiger partial charge < -0.3 is 14.8 Å². The van der Waals surface area contributed by atoms with Gasteiger partial charge in [-0.15, -0.1) is 0 Å². The fourth-order valence-corrected chi connectivity index (χ4v) is 1.77. The summed E-state index contributed by atoms with van der Waals surface area (Å²) in [5.41, 5.74) is 0.764. The molecule has 7 nitrogen and oxygen atoms in total. The van der Waals surface area contributed by atoms with E-state index in [-0.39, 0.29) is 17.4 Å². The number of halogens is 3. The Morgan fingerprint density at radius 3 is 2.56 bits per heavy atom. The van der Waals surface area contributed by atoms with Gasteiger partial charge in [-0.1, -0.05) is 6.92 Å². The molecule has 0 bridgehead atoms. The average molecular weight is 356 g/mol. The third-order valence-corrected chi connectivity index (χ3v) is 2.93. The van der Waals surface area contributed by atoms with Crippen molar-refractivity contribution in [2.45, 2.75) is 19.5 Å². The lowest BCUT2D eigenvalue weighted by Gasteiger charge is -2.11. The van der Waals surface area contributed by atoms with Gasteiger partial charge in [0.25, 0.3) is 0 Å². The Balaban J connectivity index is 2.16. The first-order valence-corrected chi connectivity index (χ1v) is 7.19. The smallest absolute Gasteiger partial charge is 0.422 e. The third-order valence-electron chi connectivity index (χ3n) is 2.93. The number of carbonyl (C=O) groups excluding carboxylic acids is 1. The molecular formula is C15H15F3N4O3. The minimum absolute atomic E-state index is 0.224. The Morgan fingerprint density at radius 2 is 2.00 bits per heavy atom. The fraction of sp³-hybridized carbons (Fsp3) is 0.333. The molecule has 2 aromatic heterocycles. The highest BCUT2D eigenvalue weighted by molar-refractivity contribution is 5.89. The van der Waals surface area contributed by atoms with Crippen molar-refractivity contribution in [3.8, 4) is 6.01 Å². The van der Waals surface area contributed by atoms with E-state index in [0.717, 1.165) is 0 Å².